The van der Waals surface area contributed by atoms with Crippen LogP contribution in [0.2, 0.25) is 0 Å². The fraction of sp³-hybridized carbons (Fsp3) is 0.625. The standard InChI is InChI=1S/C16H25NO3S/c17-21(18,19)13-16(15-9-5-2-6-10-15)12-20-11-14-7-3-1-4-8-14/h2,5-6,9-10,14,16H,1,3-4,7-8,11-13H2,(H2,17,18,19). The Morgan fingerprint density at radius 2 is 1.81 bits per heavy atom. The van der Waals surface area contributed by atoms with E-state index in [0.29, 0.717) is 12.5 Å². The second-order valence-electron chi connectivity index (χ2n) is 5.98. The lowest BCUT2D eigenvalue weighted by atomic mass is 9.90. The van der Waals surface area contributed by atoms with Gasteiger partial charge in [-0.25, -0.2) is 13.6 Å². The van der Waals surface area contributed by atoms with Gasteiger partial charge in [-0.2, -0.15) is 0 Å². The first-order chi connectivity index (χ1) is 10.0. The Hall–Kier alpha value is -0.910. The van der Waals surface area contributed by atoms with Crippen molar-refractivity contribution in [3.05, 3.63) is 35.9 Å². The minimum atomic E-state index is -3.51. The number of nitrogens with two attached hydrogens (primary N) is 1. The number of sulfonamides is 1. The van der Waals surface area contributed by atoms with Crippen molar-refractivity contribution < 1.29 is 13.2 Å². The lowest BCUT2D eigenvalue weighted by Gasteiger charge is -2.23. The third-order valence-corrected chi connectivity index (χ3v) is 4.97. The summed E-state index contributed by atoms with van der Waals surface area (Å²) in [5.41, 5.74) is 0.968. The van der Waals surface area contributed by atoms with Crippen molar-refractivity contribution in [3.8, 4) is 0 Å². The van der Waals surface area contributed by atoms with Gasteiger partial charge in [0.15, 0.2) is 0 Å². The molecule has 0 bridgehead atoms. The summed E-state index contributed by atoms with van der Waals surface area (Å²) in [7, 11) is -3.51. The van der Waals surface area contributed by atoms with Gasteiger partial charge in [-0.1, -0.05) is 49.6 Å². The molecular formula is C16H25NO3S. The van der Waals surface area contributed by atoms with E-state index in [9.17, 15) is 8.42 Å². The van der Waals surface area contributed by atoms with Crippen molar-refractivity contribution in [1.82, 2.24) is 0 Å². The van der Waals surface area contributed by atoms with Crippen LogP contribution in [0.5, 0.6) is 0 Å². The number of primary sulfonamides is 1. The first-order valence-corrected chi connectivity index (χ1v) is 9.39. The van der Waals surface area contributed by atoms with E-state index in [1.165, 1.54) is 32.1 Å². The molecule has 0 radical (unpaired) electrons. The van der Waals surface area contributed by atoms with Gasteiger partial charge in [0.2, 0.25) is 10.0 Å². The molecule has 118 valence electrons. The fourth-order valence-corrected chi connectivity index (χ4v) is 3.83. The Morgan fingerprint density at radius 1 is 1.14 bits per heavy atom. The van der Waals surface area contributed by atoms with Crippen LogP contribution in [0.3, 0.4) is 0 Å². The van der Waals surface area contributed by atoms with Gasteiger partial charge >= 0.3 is 0 Å². The van der Waals surface area contributed by atoms with Gasteiger partial charge in [0.05, 0.1) is 12.4 Å². The summed E-state index contributed by atoms with van der Waals surface area (Å²) >= 11 is 0. The van der Waals surface area contributed by atoms with E-state index < -0.39 is 10.0 Å². The first-order valence-electron chi connectivity index (χ1n) is 7.68. The Balaban J connectivity index is 1.89. The molecule has 2 rings (SSSR count). The molecule has 1 aliphatic carbocycles. The van der Waals surface area contributed by atoms with Crippen molar-refractivity contribution >= 4 is 10.0 Å². The summed E-state index contributed by atoms with van der Waals surface area (Å²) in [4.78, 5) is 0. The van der Waals surface area contributed by atoms with Crippen molar-refractivity contribution in [3.63, 3.8) is 0 Å². The number of ether oxygens (including phenoxy) is 1. The van der Waals surface area contributed by atoms with Crippen LogP contribution in [0.25, 0.3) is 0 Å². The topological polar surface area (TPSA) is 69.4 Å². The largest absolute Gasteiger partial charge is 0.380 e. The van der Waals surface area contributed by atoms with Gasteiger partial charge in [-0.15, -0.1) is 0 Å². The third-order valence-electron chi connectivity index (χ3n) is 4.10. The van der Waals surface area contributed by atoms with E-state index in [2.05, 4.69) is 0 Å². The van der Waals surface area contributed by atoms with Crippen LogP contribution < -0.4 is 5.14 Å². The van der Waals surface area contributed by atoms with Crippen molar-refractivity contribution in [2.45, 2.75) is 38.0 Å². The molecule has 2 N–H and O–H groups in total. The van der Waals surface area contributed by atoms with Gasteiger partial charge in [0, 0.05) is 12.5 Å². The normalized spacial score (nSPS) is 18.5. The van der Waals surface area contributed by atoms with Crippen LogP contribution in [0.4, 0.5) is 0 Å². The Morgan fingerprint density at radius 3 is 2.43 bits per heavy atom. The second-order valence-corrected chi connectivity index (χ2v) is 7.64. The molecule has 1 fully saturated rings. The van der Waals surface area contributed by atoms with Crippen LogP contribution in [0.15, 0.2) is 30.3 Å². The zero-order valence-corrected chi connectivity index (χ0v) is 13.2. The molecule has 1 unspecified atom stereocenters. The van der Waals surface area contributed by atoms with E-state index in [4.69, 9.17) is 9.88 Å². The van der Waals surface area contributed by atoms with Crippen LogP contribution >= 0.6 is 0 Å². The predicted molar refractivity (Wildman–Crippen MR) is 84.6 cm³/mol. The molecule has 1 aromatic rings. The summed E-state index contributed by atoms with van der Waals surface area (Å²) in [5.74, 6) is 0.372. The molecule has 21 heavy (non-hydrogen) atoms. The third kappa shape index (κ3) is 6.16. The van der Waals surface area contributed by atoms with E-state index in [0.717, 1.165) is 12.2 Å². The average Bonchev–Trinajstić information content (AvgIpc) is 2.47. The smallest absolute Gasteiger partial charge is 0.209 e. The predicted octanol–water partition coefficient (Wildman–Crippen LogP) is 2.66. The molecule has 0 aromatic heterocycles. The van der Waals surface area contributed by atoms with Crippen molar-refractivity contribution in [2.24, 2.45) is 11.1 Å². The number of benzene rings is 1. The number of rotatable bonds is 7. The summed E-state index contributed by atoms with van der Waals surface area (Å²) < 4.78 is 28.6. The number of hydrogen-bond donors (Lipinski definition) is 1. The lowest BCUT2D eigenvalue weighted by Crippen LogP contribution is -2.25. The van der Waals surface area contributed by atoms with Gasteiger partial charge in [-0.05, 0) is 24.3 Å². The summed E-state index contributed by atoms with van der Waals surface area (Å²) in [6.07, 6.45) is 6.35. The van der Waals surface area contributed by atoms with E-state index in [1.54, 1.807) is 0 Å². The monoisotopic (exact) mass is 311 g/mol. The Labute approximate surface area is 127 Å². The van der Waals surface area contributed by atoms with E-state index in [1.807, 2.05) is 30.3 Å². The van der Waals surface area contributed by atoms with Crippen molar-refractivity contribution in [1.29, 1.82) is 0 Å². The molecule has 0 amide bonds. The van der Waals surface area contributed by atoms with Gasteiger partial charge < -0.3 is 4.74 Å². The van der Waals surface area contributed by atoms with Crippen LogP contribution in [0.1, 0.15) is 43.6 Å². The molecule has 1 atom stereocenters. The van der Waals surface area contributed by atoms with Crippen LogP contribution in [-0.4, -0.2) is 27.4 Å². The minimum Gasteiger partial charge on any atom is -0.380 e. The first kappa shape index (κ1) is 16.5. The second kappa shape index (κ2) is 7.92. The molecule has 0 spiro atoms. The molecule has 0 heterocycles. The van der Waals surface area contributed by atoms with Crippen LogP contribution in [-0.2, 0) is 14.8 Å². The van der Waals surface area contributed by atoms with E-state index >= 15 is 0 Å². The molecule has 4 nitrogen and oxygen atoms in total. The average molecular weight is 311 g/mol. The highest BCUT2D eigenvalue weighted by Crippen LogP contribution is 2.24. The molecule has 1 aromatic carbocycles. The van der Waals surface area contributed by atoms with Crippen molar-refractivity contribution in [2.75, 3.05) is 19.0 Å². The quantitative estimate of drug-likeness (QED) is 0.841. The highest BCUT2D eigenvalue weighted by molar-refractivity contribution is 7.89. The molecule has 1 aliphatic rings. The number of hydrogen-bond acceptors (Lipinski definition) is 3. The summed E-state index contributed by atoms with van der Waals surface area (Å²) in [6.45, 7) is 1.14. The summed E-state index contributed by atoms with van der Waals surface area (Å²) in [6, 6.07) is 9.60. The molecule has 0 aliphatic heterocycles. The fourth-order valence-electron chi connectivity index (χ4n) is 2.98. The molecule has 0 saturated heterocycles. The Kier molecular flexibility index (Phi) is 6.21. The Bertz CT molecular complexity index is 510. The maximum Gasteiger partial charge on any atom is 0.209 e. The van der Waals surface area contributed by atoms with Gasteiger partial charge in [-0.3, -0.25) is 0 Å². The van der Waals surface area contributed by atoms with Gasteiger partial charge in [0.1, 0.15) is 0 Å². The zero-order valence-electron chi connectivity index (χ0n) is 12.4. The molecular weight excluding hydrogens is 286 g/mol. The van der Waals surface area contributed by atoms with Gasteiger partial charge in [0.25, 0.3) is 0 Å². The SMILES string of the molecule is NS(=O)(=O)CC(COCC1CCCCC1)c1ccccc1. The van der Waals surface area contributed by atoms with E-state index in [-0.39, 0.29) is 11.7 Å². The van der Waals surface area contributed by atoms with Crippen LogP contribution in [0, 0.1) is 5.92 Å². The molecule has 5 heteroatoms. The highest BCUT2D eigenvalue weighted by atomic mass is 32.2. The maximum atomic E-state index is 11.4. The summed E-state index contributed by atoms with van der Waals surface area (Å²) in [5, 5.41) is 5.20. The highest BCUT2D eigenvalue weighted by Gasteiger charge is 2.19. The lowest BCUT2D eigenvalue weighted by molar-refractivity contribution is 0.0780. The molecule has 1 saturated carbocycles. The minimum absolute atomic E-state index is 0.0678. The zero-order chi connectivity index (χ0) is 15.1. The maximum absolute atomic E-state index is 11.4.